The van der Waals surface area contributed by atoms with E-state index in [9.17, 15) is 18.0 Å². The molecule has 0 aliphatic heterocycles. The molecule has 0 aliphatic rings. The lowest BCUT2D eigenvalue weighted by molar-refractivity contribution is -0.0498. The van der Waals surface area contributed by atoms with Gasteiger partial charge >= 0.3 is 6.61 Å². The molecule has 7 heteroatoms. The van der Waals surface area contributed by atoms with Crippen LogP contribution < -0.4 is 9.47 Å². The van der Waals surface area contributed by atoms with Crippen LogP contribution in [0.2, 0.25) is 0 Å². The molecule has 4 nitrogen and oxygen atoms in total. The highest BCUT2D eigenvalue weighted by Gasteiger charge is 2.08. The summed E-state index contributed by atoms with van der Waals surface area (Å²) in [7, 11) is 0. The van der Waals surface area contributed by atoms with Gasteiger partial charge in [0.25, 0.3) is 0 Å². The molecule has 1 aromatic heterocycles. The quantitative estimate of drug-likeness (QED) is 0.378. The summed E-state index contributed by atoms with van der Waals surface area (Å²) in [6, 6.07) is 14.5. The number of carbonyl (C=O) groups is 1. The Hall–Kier alpha value is -3.48. The zero-order valence-corrected chi connectivity index (χ0v) is 14.5. The molecule has 0 saturated carbocycles. The van der Waals surface area contributed by atoms with Crippen molar-refractivity contribution in [3.63, 3.8) is 0 Å². The van der Waals surface area contributed by atoms with Gasteiger partial charge in [-0.1, -0.05) is 12.1 Å². The average Bonchev–Trinajstić information content (AvgIpc) is 3.13. The molecule has 0 saturated heterocycles. The number of ketones is 1. The Bertz CT molecular complexity index is 962. The van der Waals surface area contributed by atoms with Crippen LogP contribution in [0.5, 0.6) is 11.5 Å². The highest BCUT2D eigenvalue weighted by atomic mass is 19.3. The van der Waals surface area contributed by atoms with Crippen LogP contribution in [0.15, 0.2) is 71.2 Å². The summed E-state index contributed by atoms with van der Waals surface area (Å²) in [5, 5.41) is 0. The Morgan fingerprint density at radius 2 is 1.82 bits per heavy atom. The molecule has 0 N–H and O–H groups in total. The molecule has 28 heavy (non-hydrogen) atoms. The maximum atomic E-state index is 12.9. The standard InChI is InChI=1S/C21H15F3O4/c22-15-4-6-16(7-5-15)26-13-19-9-8-17(27-19)10-11-20(25)14-2-1-3-18(12-14)28-21(23)24/h1-12,21H,13H2/b11-10+. The normalized spacial score (nSPS) is 11.1. The third-order valence-corrected chi connectivity index (χ3v) is 3.62. The molecule has 0 spiro atoms. The SMILES string of the molecule is O=C(/C=C/c1ccc(COc2ccc(F)cc2)o1)c1cccc(OC(F)F)c1. The first-order valence-electron chi connectivity index (χ1n) is 8.24. The monoisotopic (exact) mass is 388 g/mol. The van der Waals surface area contributed by atoms with E-state index in [1.54, 1.807) is 12.1 Å². The van der Waals surface area contributed by atoms with Crippen molar-refractivity contribution in [2.45, 2.75) is 13.2 Å². The fourth-order valence-corrected chi connectivity index (χ4v) is 2.33. The van der Waals surface area contributed by atoms with Crippen molar-refractivity contribution in [2.24, 2.45) is 0 Å². The van der Waals surface area contributed by atoms with E-state index in [2.05, 4.69) is 4.74 Å². The zero-order chi connectivity index (χ0) is 19.9. The van der Waals surface area contributed by atoms with E-state index in [1.807, 2.05) is 0 Å². The van der Waals surface area contributed by atoms with Gasteiger partial charge in [-0.3, -0.25) is 4.79 Å². The molecular formula is C21H15F3O4. The maximum absolute atomic E-state index is 12.9. The van der Waals surface area contributed by atoms with Gasteiger partial charge in [0, 0.05) is 5.56 Å². The Balaban J connectivity index is 1.58. The van der Waals surface area contributed by atoms with Gasteiger partial charge in [-0.25, -0.2) is 4.39 Å². The molecular weight excluding hydrogens is 373 g/mol. The van der Waals surface area contributed by atoms with Crippen molar-refractivity contribution in [3.05, 3.63) is 89.6 Å². The van der Waals surface area contributed by atoms with Crippen LogP contribution in [-0.2, 0) is 6.61 Å². The van der Waals surface area contributed by atoms with Crippen LogP contribution in [0, 0.1) is 5.82 Å². The second kappa shape index (κ2) is 8.94. The van der Waals surface area contributed by atoms with Gasteiger partial charge in [0.1, 0.15) is 35.4 Å². The van der Waals surface area contributed by atoms with Gasteiger partial charge in [0.2, 0.25) is 0 Å². The second-order valence-electron chi connectivity index (χ2n) is 5.65. The van der Waals surface area contributed by atoms with Crippen LogP contribution in [-0.4, -0.2) is 12.4 Å². The molecule has 0 aliphatic carbocycles. The van der Waals surface area contributed by atoms with Gasteiger partial charge < -0.3 is 13.9 Å². The number of rotatable bonds is 8. The Morgan fingerprint density at radius 3 is 2.57 bits per heavy atom. The number of benzene rings is 2. The number of allylic oxidation sites excluding steroid dienone is 1. The number of alkyl halides is 2. The van der Waals surface area contributed by atoms with Gasteiger partial charge in [0.15, 0.2) is 5.78 Å². The molecule has 144 valence electrons. The Morgan fingerprint density at radius 1 is 1.04 bits per heavy atom. The molecule has 2 aromatic carbocycles. The van der Waals surface area contributed by atoms with Crippen LogP contribution in [0.25, 0.3) is 6.08 Å². The lowest BCUT2D eigenvalue weighted by Gasteiger charge is -2.04. The van der Waals surface area contributed by atoms with Crippen molar-refractivity contribution in [1.29, 1.82) is 0 Å². The second-order valence-corrected chi connectivity index (χ2v) is 5.65. The van der Waals surface area contributed by atoms with Crippen molar-refractivity contribution in [3.8, 4) is 11.5 Å². The van der Waals surface area contributed by atoms with Gasteiger partial charge in [-0.15, -0.1) is 0 Å². The highest BCUT2D eigenvalue weighted by Crippen LogP contribution is 2.18. The zero-order valence-electron chi connectivity index (χ0n) is 14.5. The lowest BCUT2D eigenvalue weighted by atomic mass is 10.1. The van der Waals surface area contributed by atoms with E-state index in [-0.39, 0.29) is 29.5 Å². The minimum absolute atomic E-state index is 0.0903. The summed E-state index contributed by atoms with van der Waals surface area (Å²) >= 11 is 0. The number of hydrogen-bond acceptors (Lipinski definition) is 4. The molecule has 0 atom stereocenters. The lowest BCUT2D eigenvalue weighted by Crippen LogP contribution is -2.03. The number of halogens is 3. The third-order valence-electron chi connectivity index (χ3n) is 3.62. The molecule has 1 heterocycles. The van der Waals surface area contributed by atoms with E-state index in [1.165, 1.54) is 60.7 Å². The van der Waals surface area contributed by atoms with Crippen LogP contribution in [0.1, 0.15) is 21.9 Å². The maximum Gasteiger partial charge on any atom is 0.387 e. The van der Waals surface area contributed by atoms with Gasteiger partial charge in [-0.2, -0.15) is 8.78 Å². The fourth-order valence-electron chi connectivity index (χ4n) is 2.33. The number of carbonyl (C=O) groups excluding carboxylic acids is 1. The van der Waals surface area contributed by atoms with Gasteiger partial charge in [0.05, 0.1) is 0 Å². The van der Waals surface area contributed by atoms with Crippen LogP contribution in [0.4, 0.5) is 13.2 Å². The highest BCUT2D eigenvalue weighted by molar-refractivity contribution is 6.06. The minimum atomic E-state index is -2.96. The van der Waals surface area contributed by atoms with Crippen molar-refractivity contribution >= 4 is 11.9 Å². The third kappa shape index (κ3) is 5.51. The van der Waals surface area contributed by atoms with E-state index in [0.717, 1.165) is 0 Å². The topological polar surface area (TPSA) is 48.7 Å². The first kappa shape index (κ1) is 19.3. The molecule has 3 rings (SSSR count). The molecule has 0 unspecified atom stereocenters. The minimum Gasteiger partial charge on any atom is -0.486 e. The predicted molar refractivity (Wildman–Crippen MR) is 95.9 cm³/mol. The van der Waals surface area contributed by atoms with Crippen LogP contribution >= 0.6 is 0 Å². The first-order valence-corrected chi connectivity index (χ1v) is 8.24. The summed E-state index contributed by atoms with van der Waals surface area (Å²) in [5.74, 6) is 0.604. The van der Waals surface area contributed by atoms with Crippen LogP contribution in [0.3, 0.4) is 0 Å². The smallest absolute Gasteiger partial charge is 0.387 e. The fraction of sp³-hybridized carbons (Fsp3) is 0.0952. The first-order chi connectivity index (χ1) is 13.5. The summed E-state index contributed by atoms with van der Waals surface area (Å²) in [4.78, 5) is 12.2. The Kier molecular flexibility index (Phi) is 6.16. The summed E-state index contributed by atoms with van der Waals surface area (Å²) in [6.45, 7) is -2.82. The van der Waals surface area contributed by atoms with E-state index < -0.39 is 6.61 Å². The van der Waals surface area contributed by atoms with Gasteiger partial charge in [-0.05, 0) is 60.7 Å². The Labute approximate surface area is 158 Å². The number of ether oxygens (including phenoxy) is 2. The largest absolute Gasteiger partial charge is 0.486 e. The summed E-state index contributed by atoms with van der Waals surface area (Å²) < 4.78 is 52.6. The van der Waals surface area contributed by atoms with Crippen molar-refractivity contribution < 1.29 is 31.9 Å². The number of furan rings is 1. The van der Waals surface area contributed by atoms with E-state index in [4.69, 9.17) is 9.15 Å². The molecule has 3 aromatic rings. The molecule has 0 fully saturated rings. The summed E-state index contributed by atoms with van der Waals surface area (Å²) in [5.41, 5.74) is 0.209. The number of hydrogen-bond donors (Lipinski definition) is 0. The molecule has 0 amide bonds. The van der Waals surface area contributed by atoms with E-state index in [0.29, 0.717) is 17.3 Å². The predicted octanol–water partition coefficient (Wildman–Crippen LogP) is 5.50. The van der Waals surface area contributed by atoms with E-state index >= 15 is 0 Å². The van der Waals surface area contributed by atoms with Crippen molar-refractivity contribution in [2.75, 3.05) is 0 Å². The summed E-state index contributed by atoms with van der Waals surface area (Å²) in [6.07, 6.45) is 2.73. The van der Waals surface area contributed by atoms with Crippen molar-refractivity contribution in [1.82, 2.24) is 0 Å². The molecule has 0 bridgehead atoms. The molecule has 0 radical (unpaired) electrons. The average molecular weight is 388 g/mol.